The maximum Gasteiger partial charge on any atom is 0.181 e. The number of aliphatic hydroxyl groups excluding tert-OH is 1. The first-order valence-electron chi connectivity index (χ1n) is 7.22. The van der Waals surface area contributed by atoms with E-state index in [9.17, 15) is 0 Å². The van der Waals surface area contributed by atoms with E-state index >= 15 is 0 Å². The highest BCUT2D eigenvalue weighted by Crippen LogP contribution is 2.34. The van der Waals surface area contributed by atoms with Crippen LogP contribution in [-0.2, 0) is 6.54 Å². The summed E-state index contributed by atoms with van der Waals surface area (Å²) in [4.78, 5) is 0. The lowest BCUT2D eigenvalue weighted by Crippen LogP contribution is -2.31. The summed E-state index contributed by atoms with van der Waals surface area (Å²) in [6.45, 7) is 2.77. The molecule has 1 saturated carbocycles. The Morgan fingerprint density at radius 2 is 2.10 bits per heavy atom. The van der Waals surface area contributed by atoms with Gasteiger partial charge in [0.15, 0.2) is 6.10 Å². The highest BCUT2D eigenvalue weighted by molar-refractivity contribution is 5.27. The second-order valence-corrected chi connectivity index (χ2v) is 5.37. The van der Waals surface area contributed by atoms with Crippen LogP contribution in [0.1, 0.15) is 31.7 Å². The zero-order valence-corrected chi connectivity index (χ0v) is 11.9. The number of benzene rings is 1. The minimum atomic E-state index is -0.428. The van der Waals surface area contributed by atoms with Gasteiger partial charge in [0.25, 0.3) is 0 Å². The van der Waals surface area contributed by atoms with Crippen molar-refractivity contribution in [1.29, 1.82) is 5.26 Å². The van der Waals surface area contributed by atoms with Crippen LogP contribution < -0.4 is 10.1 Å². The molecule has 0 aliphatic heterocycles. The number of nitrogens with one attached hydrogen (secondary N) is 1. The zero-order valence-electron chi connectivity index (χ0n) is 11.9. The van der Waals surface area contributed by atoms with Crippen molar-refractivity contribution in [2.45, 2.75) is 44.9 Å². The average molecular weight is 274 g/mol. The van der Waals surface area contributed by atoms with Gasteiger partial charge in [0.05, 0.1) is 0 Å². The molecule has 1 fully saturated rings. The fourth-order valence-corrected chi connectivity index (χ4v) is 2.31. The molecule has 108 valence electrons. The Morgan fingerprint density at radius 3 is 2.65 bits per heavy atom. The smallest absolute Gasteiger partial charge is 0.181 e. The molecular weight excluding hydrogens is 252 g/mol. The second-order valence-electron chi connectivity index (χ2n) is 5.37. The van der Waals surface area contributed by atoms with Crippen molar-refractivity contribution in [3.8, 4) is 11.8 Å². The molecule has 0 saturated heterocycles. The van der Waals surface area contributed by atoms with Crippen molar-refractivity contribution >= 4 is 0 Å². The Hall–Kier alpha value is -1.57. The molecule has 0 heterocycles. The number of nitriles is 1. The summed E-state index contributed by atoms with van der Waals surface area (Å²) in [6, 6.07) is 10.3. The van der Waals surface area contributed by atoms with Crippen molar-refractivity contribution in [2.75, 3.05) is 6.61 Å². The molecular formula is C16H22N2O2. The van der Waals surface area contributed by atoms with Gasteiger partial charge in [-0.05, 0) is 49.8 Å². The molecule has 0 bridgehead atoms. The van der Waals surface area contributed by atoms with Crippen molar-refractivity contribution in [2.24, 2.45) is 5.92 Å². The van der Waals surface area contributed by atoms with Crippen LogP contribution in [-0.4, -0.2) is 23.9 Å². The first kappa shape index (κ1) is 14.8. The summed E-state index contributed by atoms with van der Waals surface area (Å²) in [6.07, 6.45) is 2.95. The van der Waals surface area contributed by atoms with Crippen molar-refractivity contribution in [3.63, 3.8) is 0 Å². The van der Waals surface area contributed by atoms with Crippen LogP contribution in [0.3, 0.4) is 0 Å². The summed E-state index contributed by atoms with van der Waals surface area (Å²) in [7, 11) is 0. The third-order valence-corrected chi connectivity index (χ3v) is 3.62. The predicted octanol–water partition coefficient (Wildman–Crippen LogP) is 2.23. The largest absolute Gasteiger partial charge is 0.476 e. The fourth-order valence-electron chi connectivity index (χ4n) is 2.31. The predicted molar refractivity (Wildman–Crippen MR) is 77.2 cm³/mol. The molecule has 2 rings (SSSR count). The molecule has 0 spiro atoms. The normalized spacial score (nSPS) is 17.2. The van der Waals surface area contributed by atoms with Crippen LogP contribution >= 0.6 is 0 Å². The molecule has 4 heteroatoms. The van der Waals surface area contributed by atoms with Crippen LogP contribution in [0, 0.1) is 17.2 Å². The average Bonchev–Trinajstić information content (AvgIpc) is 3.29. The van der Waals surface area contributed by atoms with E-state index in [4.69, 9.17) is 15.1 Å². The molecule has 1 aliphatic rings. The van der Waals surface area contributed by atoms with Crippen LogP contribution in [0.15, 0.2) is 24.3 Å². The van der Waals surface area contributed by atoms with Gasteiger partial charge in [-0.2, -0.15) is 5.26 Å². The Morgan fingerprint density at radius 1 is 1.40 bits per heavy atom. The van der Waals surface area contributed by atoms with E-state index in [1.165, 1.54) is 18.4 Å². The van der Waals surface area contributed by atoms with Crippen LogP contribution in [0.25, 0.3) is 0 Å². The van der Waals surface area contributed by atoms with E-state index in [-0.39, 0.29) is 6.61 Å². The van der Waals surface area contributed by atoms with Gasteiger partial charge >= 0.3 is 0 Å². The molecule has 2 unspecified atom stereocenters. The quantitative estimate of drug-likeness (QED) is 0.763. The van der Waals surface area contributed by atoms with E-state index in [0.29, 0.717) is 6.04 Å². The molecule has 1 aromatic carbocycles. The summed E-state index contributed by atoms with van der Waals surface area (Å²) >= 11 is 0. The maximum absolute atomic E-state index is 9.07. The maximum atomic E-state index is 9.07. The molecule has 4 nitrogen and oxygen atoms in total. The number of ether oxygens (including phenoxy) is 1. The Kier molecular flexibility index (Phi) is 5.40. The standard InChI is InChI=1S/C16H22N2O2/c1-12(10-17)20-15-6-2-13(3-7-15)11-18-16(8-9-19)14-4-5-14/h2-3,6-7,12,14,16,18-19H,4-5,8-9,11H2,1H3. The number of hydrogen-bond donors (Lipinski definition) is 2. The first-order valence-corrected chi connectivity index (χ1v) is 7.22. The molecule has 1 aromatic rings. The van der Waals surface area contributed by atoms with Gasteiger partial charge in [-0.3, -0.25) is 0 Å². The van der Waals surface area contributed by atoms with E-state index < -0.39 is 6.10 Å². The Bertz CT molecular complexity index is 449. The van der Waals surface area contributed by atoms with E-state index in [2.05, 4.69) is 5.32 Å². The molecule has 20 heavy (non-hydrogen) atoms. The number of rotatable bonds is 8. The molecule has 2 N–H and O–H groups in total. The lowest BCUT2D eigenvalue weighted by atomic mass is 10.1. The highest BCUT2D eigenvalue weighted by Gasteiger charge is 2.30. The number of aliphatic hydroxyl groups is 1. The number of hydrogen-bond acceptors (Lipinski definition) is 4. The molecule has 0 aromatic heterocycles. The summed E-state index contributed by atoms with van der Waals surface area (Å²) in [5.41, 5.74) is 1.19. The molecule has 0 amide bonds. The van der Waals surface area contributed by atoms with Gasteiger partial charge in [-0.15, -0.1) is 0 Å². The summed E-state index contributed by atoms with van der Waals surface area (Å²) in [5, 5.41) is 21.3. The first-order chi connectivity index (χ1) is 9.72. The SMILES string of the molecule is CC(C#N)Oc1ccc(CNC(CCO)C2CC2)cc1. The summed E-state index contributed by atoms with van der Waals surface area (Å²) < 4.78 is 5.42. The lowest BCUT2D eigenvalue weighted by Gasteiger charge is -2.17. The lowest BCUT2D eigenvalue weighted by molar-refractivity contribution is 0.255. The van der Waals surface area contributed by atoms with Gasteiger partial charge in [0, 0.05) is 19.2 Å². The minimum absolute atomic E-state index is 0.243. The van der Waals surface area contributed by atoms with E-state index in [1.807, 2.05) is 30.3 Å². The topological polar surface area (TPSA) is 65.3 Å². The highest BCUT2D eigenvalue weighted by atomic mass is 16.5. The van der Waals surface area contributed by atoms with Gasteiger partial charge in [-0.25, -0.2) is 0 Å². The monoisotopic (exact) mass is 274 g/mol. The van der Waals surface area contributed by atoms with E-state index in [0.717, 1.165) is 24.6 Å². The zero-order chi connectivity index (χ0) is 14.4. The van der Waals surface area contributed by atoms with Gasteiger partial charge in [0.2, 0.25) is 0 Å². The van der Waals surface area contributed by atoms with Gasteiger partial charge < -0.3 is 15.2 Å². The Balaban J connectivity index is 1.82. The molecule has 2 atom stereocenters. The Labute approximate surface area is 120 Å². The summed E-state index contributed by atoms with van der Waals surface area (Å²) in [5.74, 6) is 1.46. The second kappa shape index (κ2) is 7.28. The fraction of sp³-hybridized carbons (Fsp3) is 0.562. The minimum Gasteiger partial charge on any atom is -0.476 e. The van der Waals surface area contributed by atoms with Crippen molar-refractivity contribution in [1.82, 2.24) is 5.32 Å². The van der Waals surface area contributed by atoms with Crippen LogP contribution in [0.5, 0.6) is 5.75 Å². The molecule has 1 aliphatic carbocycles. The van der Waals surface area contributed by atoms with Gasteiger partial charge in [-0.1, -0.05) is 12.1 Å². The van der Waals surface area contributed by atoms with E-state index in [1.54, 1.807) is 6.92 Å². The third-order valence-electron chi connectivity index (χ3n) is 3.62. The van der Waals surface area contributed by atoms with Crippen molar-refractivity contribution in [3.05, 3.63) is 29.8 Å². The van der Waals surface area contributed by atoms with Crippen LogP contribution in [0.4, 0.5) is 0 Å². The molecule has 0 radical (unpaired) electrons. The van der Waals surface area contributed by atoms with Crippen molar-refractivity contribution < 1.29 is 9.84 Å². The third kappa shape index (κ3) is 4.52. The van der Waals surface area contributed by atoms with Gasteiger partial charge in [0.1, 0.15) is 11.8 Å². The van der Waals surface area contributed by atoms with Crippen LogP contribution in [0.2, 0.25) is 0 Å². The number of nitrogens with zero attached hydrogens (tertiary/aromatic N) is 1.